The zero-order valence-corrected chi connectivity index (χ0v) is 25.1. The number of nitriles is 1. The number of carbonyl (C=O) groups excluding carboxylic acids is 2. The summed E-state index contributed by atoms with van der Waals surface area (Å²) in [5.74, 6) is -0.470. The molecule has 0 spiro atoms. The van der Waals surface area contributed by atoms with Crippen molar-refractivity contribution in [2.75, 3.05) is 26.0 Å². The number of rotatable bonds is 11. The maximum absolute atomic E-state index is 12.7. The zero-order chi connectivity index (χ0) is 31.1. The molecule has 4 rings (SSSR count). The van der Waals surface area contributed by atoms with E-state index >= 15 is 0 Å². The summed E-state index contributed by atoms with van der Waals surface area (Å²) >= 11 is 0. The second-order valence-electron chi connectivity index (χ2n) is 11.1. The van der Waals surface area contributed by atoms with Crippen LogP contribution in [-0.2, 0) is 14.3 Å². The van der Waals surface area contributed by atoms with Crippen molar-refractivity contribution in [3.8, 4) is 28.3 Å². The van der Waals surface area contributed by atoms with Crippen LogP contribution in [0.25, 0.3) is 33.3 Å². The molecule has 0 saturated heterocycles. The molecule has 10 heteroatoms. The minimum Gasteiger partial charge on any atom is -0.440 e. The first-order chi connectivity index (χ1) is 20.5. The first-order valence-corrected chi connectivity index (χ1v) is 14.1. The lowest BCUT2D eigenvalue weighted by Crippen LogP contribution is -2.34. The van der Waals surface area contributed by atoms with E-state index in [-0.39, 0.29) is 11.8 Å². The lowest BCUT2D eigenvalue weighted by molar-refractivity contribution is -0.154. The second kappa shape index (κ2) is 13.9. The van der Waals surface area contributed by atoms with Crippen LogP contribution in [0, 0.1) is 17.2 Å². The molecule has 0 aliphatic carbocycles. The average molecular weight is 580 g/mol. The Hall–Kier alpha value is -4.85. The molecule has 3 N–H and O–H groups in total. The van der Waals surface area contributed by atoms with Crippen molar-refractivity contribution in [3.63, 3.8) is 0 Å². The molecule has 0 aliphatic heterocycles. The molecular weight excluding hydrogens is 542 g/mol. The number of nitrogens with zero attached hydrogens (tertiary/aromatic N) is 5. The molecule has 1 amide bonds. The van der Waals surface area contributed by atoms with E-state index in [9.17, 15) is 14.9 Å². The van der Waals surface area contributed by atoms with Gasteiger partial charge >= 0.3 is 5.97 Å². The Bertz CT molecular complexity index is 1680. The first kappa shape index (κ1) is 31.1. The van der Waals surface area contributed by atoms with Crippen LogP contribution in [0.5, 0.6) is 0 Å². The lowest BCUT2D eigenvalue weighted by atomic mass is 10.0. The van der Waals surface area contributed by atoms with Gasteiger partial charge < -0.3 is 20.7 Å². The number of hydrogen-bond donors (Lipinski definition) is 2. The maximum Gasteiger partial charge on any atom is 0.324 e. The fourth-order valence-corrected chi connectivity index (χ4v) is 4.69. The molecule has 43 heavy (non-hydrogen) atoms. The first-order valence-electron chi connectivity index (χ1n) is 14.1. The van der Waals surface area contributed by atoms with Crippen molar-refractivity contribution in [1.29, 1.82) is 5.26 Å². The topological polar surface area (TPSA) is 139 Å². The van der Waals surface area contributed by atoms with Gasteiger partial charge in [0.25, 0.3) is 0 Å². The van der Waals surface area contributed by atoms with Gasteiger partial charge in [-0.05, 0) is 63.2 Å². The van der Waals surface area contributed by atoms with Crippen LogP contribution in [0.2, 0.25) is 0 Å². The van der Waals surface area contributed by atoms with Crippen molar-refractivity contribution >= 4 is 28.6 Å². The van der Waals surface area contributed by atoms with Crippen LogP contribution >= 0.6 is 0 Å². The Kier molecular flexibility index (Phi) is 10.0. The van der Waals surface area contributed by atoms with E-state index in [4.69, 9.17) is 15.5 Å². The molecule has 2 unspecified atom stereocenters. The summed E-state index contributed by atoms with van der Waals surface area (Å²) in [7, 11) is 3.86. The molecule has 10 nitrogen and oxygen atoms in total. The largest absolute Gasteiger partial charge is 0.440 e. The third-order valence-electron chi connectivity index (χ3n) is 6.76. The van der Waals surface area contributed by atoms with E-state index in [0.29, 0.717) is 29.9 Å². The minimum absolute atomic E-state index is 0.247. The monoisotopic (exact) mass is 579 g/mol. The van der Waals surface area contributed by atoms with Crippen LogP contribution in [0.4, 0.5) is 5.69 Å². The highest BCUT2D eigenvalue weighted by Gasteiger charge is 2.23. The van der Waals surface area contributed by atoms with E-state index in [1.54, 1.807) is 42.2 Å². The third-order valence-corrected chi connectivity index (χ3v) is 6.76. The number of carbonyl (C=O) groups is 2. The van der Waals surface area contributed by atoms with Gasteiger partial charge in [-0.2, -0.15) is 5.26 Å². The van der Waals surface area contributed by atoms with Crippen molar-refractivity contribution in [3.05, 3.63) is 78.9 Å². The van der Waals surface area contributed by atoms with Gasteiger partial charge in [-0.1, -0.05) is 32.1 Å². The SMILES string of the molecule is CC(C)CC(N)C(=O)OC(C)n1cc(-c2cccc(C#N)c2)c2cc(-c3cncc(NC(=O)/C=C/CN(C)C)c3)cnc21. The number of hydrogen-bond acceptors (Lipinski definition) is 8. The molecule has 0 fully saturated rings. The molecule has 222 valence electrons. The Morgan fingerprint density at radius 1 is 1.12 bits per heavy atom. The van der Waals surface area contributed by atoms with Crippen molar-refractivity contribution < 1.29 is 14.3 Å². The van der Waals surface area contributed by atoms with Crippen LogP contribution in [0.1, 0.15) is 39.0 Å². The fourth-order valence-electron chi connectivity index (χ4n) is 4.69. The second-order valence-corrected chi connectivity index (χ2v) is 11.1. The number of esters is 1. The van der Waals surface area contributed by atoms with Crippen LogP contribution < -0.4 is 11.1 Å². The predicted molar refractivity (Wildman–Crippen MR) is 168 cm³/mol. The molecule has 0 saturated carbocycles. The Morgan fingerprint density at radius 2 is 1.88 bits per heavy atom. The lowest BCUT2D eigenvalue weighted by Gasteiger charge is -2.19. The molecule has 0 aliphatic rings. The number of fused-ring (bicyclic) bond motifs is 1. The van der Waals surface area contributed by atoms with E-state index in [1.165, 1.54) is 6.08 Å². The number of pyridine rings is 2. The molecule has 3 aromatic heterocycles. The summed E-state index contributed by atoms with van der Waals surface area (Å²) < 4.78 is 7.55. The number of likely N-dealkylation sites (N-methyl/N-ethyl adjacent to an activating group) is 1. The molecular formula is C33H37N7O3. The van der Waals surface area contributed by atoms with Crippen molar-refractivity contribution in [2.45, 2.75) is 39.5 Å². The molecule has 0 radical (unpaired) electrons. The van der Waals surface area contributed by atoms with Gasteiger partial charge in [0.15, 0.2) is 6.23 Å². The Morgan fingerprint density at radius 3 is 2.60 bits per heavy atom. The summed E-state index contributed by atoms with van der Waals surface area (Å²) in [6, 6.07) is 12.6. The average Bonchev–Trinajstić information content (AvgIpc) is 3.36. The number of nitrogens with one attached hydrogen (secondary N) is 1. The number of benzene rings is 1. The van der Waals surface area contributed by atoms with Crippen molar-refractivity contribution in [2.24, 2.45) is 11.7 Å². The summed E-state index contributed by atoms with van der Waals surface area (Å²) in [6.07, 6.45) is 10.00. The van der Waals surface area contributed by atoms with Crippen molar-refractivity contribution in [1.82, 2.24) is 19.4 Å². The van der Waals surface area contributed by atoms with Gasteiger partial charge in [0.1, 0.15) is 11.7 Å². The van der Waals surface area contributed by atoms with Gasteiger partial charge in [0.05, 0.1) is 23.5 Å². The normalized spacial score (nSPS) is 12.9. The van der Waals surface area contributed by atoms with Gasteiger partial charge in [-0.25, -0.2) is 4.98 Å². The highest BCUT2D eigenvalue weighted by atomic mass is 16.6. The van der Waals surface area contributed by atoms with E-state index in [1.807, 2.05) is 69.4 Å². The summed E-state index contributed by atoms with van der Waals surface area (Å²) in [5, 5.41) is 13.1. The number of ether oxygens (including phenoxy) is 1. The number of anilines is 1. The van der Waals surface area contributed by atoms with Gasteiger partial charge in [-0.15, -0.1) is 0 Å². The smallest absolute Gasteiger partial charge is 0.324 e. The Balaban J connectivity index is 1.72. The number of aromatic nitrogens is 3. The standard InChI is InChI=1S/C33H37N7O3/c1-21(2)12-30(35)33(42)43-22(3)40-20-29(24-9-6-8-23(13-24)16-34)28-15-26(18-37-32(28)40)25-14-27(19-36-17-25)38-31(41)10-7-11-39(4)5/h6-10,13-15,17-22,30H,11-12,35H2,1-5H3,(H,38,41)/b10-7+. The van der Waals surface area contributed by atoms with E-state index in [2.05, 4.69) is 16.4 Å². The summed E-state index contributed by atoms with van der Waals surface area (Å²) in [4.78, 5) is 36.2. The molecule has 4 aromatic rings. The molecule has 3 heterocycles. The van der Waals surface area contributed by atoms with Gasteiger partial charge in [0.2, 0.25) is 5.91 Å². The predicted octanol–water partition coefficient (Wildman–Crippen LogP) is 5.13. The van der Waals surface area contributed by atoms with E-state index in [0.717, 1.165) is 27.6 Å². The maximum atomic E-state index is 12.7. The molecule has 0 bridgehead atoms. The molecule has 1 aromatic carbocycles. The highest BCUT2D eigenvalue weighted by Crippen LogP contribution is 2.35. The molecule has 2 atom stereocenters. The third kappa shape index (κ3) is 7.92. The minimum atomic E-state index is -0.723. The summed E-state index contributed by atoms with van der Waals surface area (Å²) in [5.41, 5.74) is 10.9. The quantitative estimate of drug-likeness (QED) is 0.184. The zero-order valence-electron chi connectivity index (χ0n) is 25.1. The van der Waals surface area contributed by atoms with E-state index < -0.39 is 18.2 Å². The highest BCUT2D eigenvalue weighted by molar-refractivity contribution is 6.00. The van der Waals surface area contributed by atoms with Gasteiger partial charge in [0, 0.05) is 53.3 Å². The number of nitrogens with two attached hydrogens (primary N) is 1. The summed E-state index contributed by atoms with van der Waals surface area (Å²) in [6.45, 7) is 6.43. The van der Waals surface area contributed by atoms with Gasteiger partial charge in [-0.3, -0.25) is 19.1 Å². The number of amides is 1. The van der Waals surface area contributed by atoms with Crippen LogP contribution in [0.15, 0.2) is 73.3 Å². The fraction of sp³-hybridized carbons (Fsp3) is 0.303. The van der Waals surface area contributed by atoms with Crippen LogP contribution in [-0.4, -0.2) is 58.0 Å². The van der Waals surface area contributed by atoms with Crippen LogP contribution in [0.3, 0.4) is 0 Å². The Labute approximate surface area is 251 Å².